The predicted octanol–water partition coefficient (Wildman–Crippen LogP) is 3.89. The Morgan fingerprint density at radius 3 is 2.64 bits per heavy atom. The van der Waals surface area contributed by atoms with E-state index in [0.29, 0.717) is 16.7 Å². The second-order valence-electron chi connectivity index (χ2n) is 5.18. The van der Waals surface area contributed by atoms with Gasteiger partial charge in [0.05, 0.1) is 19.2 Å². The van der Waals surface area contributed by atoms with Crippen LogP contribution in [0.25, 0.3) is 10.9 Å². The van der Waals surface area contributed by atoms with Gasteiger partial charge in [0.15, 0.2) is 17.3 Å². The minimum Gasteiger partial charge on any atom is -0.494 e. The van der Waals surface area contributed by atoms with Crippen LogP contribution in [0.4, 0.5) is 23.4 Å². The molecular formula is C15H12F4N4OS. The van der Waals surface area contributed by atoms with Crippen LogP contribution in [0, 0.1) is 5.82 Å². The van der Waals surface area contributed by atoms with Crippen molar-refractivity contribution in [2.45, 2.75) is 12.7 Å². The summed E-state index contributed by atoms with van der Waals surface area (Å²) in [6.07, 6.45) is -3.21. The van der Waals surface area contributed by atoms with Crippen molar-refractivity contribution in [3.05, 3.63) is 40.4 Å². The Morgan fingerprint density at radius 1 is 1.24 bits per heavy atom. The average Bonchev–Trinajstić information content (AvgIpc) is 3.02. The molecule has 2 heterocycles. The highest BCUT2D eigenvalue weighted by Gasteiger charge is 2.33. The van der Waals surface area contributed by atoms with Crippen molar-refractivity contribution in [2.24, 2.45) is 0 Å². The van der Waals surface area contributed by atoms with Crippen molar-refractivity contribution in [1.29, 1.82) is 0 Å². The number of thiazole rings is 1. The molecule has 0 unspecified atom stereocenters. The molecule has 132 valence electrons. The minimum atomic E-state index is -4.47. The molecule has 3 aromatic rings. The van der Waals surface area contributed by atoms with Gasteiger partial charge < -0.3 is 9.64 Å². The van der Waals surface area contributed by atoms with Crippen LogP contribution >= 0.6 is 11.3 Å². The molecule has 0 atom stereocenters. The summed E-state index contributed by atoms with van der Waals surface area (Å²) >= 11 is 0.914. The number of alkyl halides is 3. The van der Waals surface area contributed by atoms with Crippen LogP contribution in [0.5, 0.6) is 5.75 Å². The molecule has 0 radical (unpaired) electrons. The van der Waals surface area contributed by atoms with E-state index >= 15 is 0 Å². The van der Waals surface area contributed by atoms with Crippen LogP contribution in [-0.4, -0.2) is 29.1 Å². The van der Waals surface area contributed by atoms with E-state index in [1.54, 1.807) is 11.9 Å². The Balaban J connectivity index is 1.94. The fraction of sp³-hybridized carbons (Fsp3) is 0.267. The lowest BCUT2D eigenvalue weighted by atomic mass is 10.2. The third-order valence-corrected chi connectivity index (χ3v) is 4.30. The Labute approximate surface area is 143 Å². The maximum Gasteiger partial charge on any atom is 0.434 e. The molecule has 10 heteroatoms. The highest BCUT2D eigenvalue weighted by atomic mass is 32.1. The second-order valence-corrected chi connectivity index (χ2v) is 6.12. The van der Waals surface area contributed by atoms with E-state index in [4.69, 9.17) is 4.74 Å². The van der Waals surface area contributed by atoms with Crippen molar-refractivity contribution in [3.63, 3.8) is 0 Å². The number of ether oxygens (including phenoxy) is 1. The maximum absolute atomic E-state index is 13.8. The van der Waals surface area contributed by atoms with Crippen molar-refractivity contribution >= 4 is 28.1 Å². The van der Waals surface area contributed by atoms with Crippen LogP contribution < -0.4 is 9.64 Å². The summed E-state index contributed by atoms with van der Waals surface area (Å²) in [5.74, 6) is -0.0883. The highest BCUT2D eigenvalue weighted by molar-refractivity contribution is 7.09. The van der Waals surface area contributed by atoms with Crippen molar-refractivity contribution < 1.29 is 22.3 Å². The monoisotopic (exact) mass is 372 g/mol. The largest absolute Gasteiger partial charge is 0.494 e. The molecule has 0 aliphatic heterocycles. The molecule has 0 bridgehead atoms. The van der Waals surface area contributed by atoms with E-state index in [2.05, 4.69) is 15.0 Å². The molecular weight excluding hydrogens is 360 g/mol. The molecule has 0 aliphatic rings. The summed E-state index contributed by atoms with van der Waals surface area (Å²) in [5.41, 5.74) is -0.553. The first-order valence-corrected chi connectivity index (χ1v) is 7.88. The van der Waals surface area contributed by atoms with Gasteiger partial charge in [0.1, 0.15) is 17.2 Å². The number of rotatable bonds is 4. The summed E-state index contributed by atoms with van der Waals surface area (Å²) < 4.78 is 56.7. The van der Waals surface area contributed by atoms with Crippen LogP contribution in [0.15, 0.2) is 23.8 Å². The fourth-order valence-electron chi connectivity index (χ4n) is 2.30. The topological polar surface area (TPSA) is 51.1 Å². The molecule has 1 aromatic carbocycles. The standard InChI is InChI=1S/C15H12F4N4OS/c1-23(5-13-22-12(6-25-13)15(17,18)19)14-8-3-11(24-2)9(16)4-10(8)20-7-21-14/h3-4,6-7H,5H2,1-2H3. The van der Waals surface area contributed by atoms with E-state index < -0.39 is 17.7 Å². The first kappa shape index (κ1) is 17.3. The minimum absolute atomic E-state index is 0.0329. The predicted molar refractivity (Wildman–Crippen MR) is 85.3 cm³/mol. The fourth-order valence-corrected chi connectivity index (χ4v) is 3.15. The van der Waals surface area contributed by atoms with Crippen molar-refractivity contribution in [1.82, 2.24) is 15.0 Å². The molecule has 0 saturated carbocycles. The number of nitrogens with zero attached hydrogens (tertiary/aromatic N) is 4. The lowest BCUT2D eigenvalue weighted by Gasteiger charge is -2.18. The third-order valence-electron chi connectivity index (χ3n) is 3.46. The van der Waals surface area contributed by atoms with Gasteiger partial charge in [-0.1, -0.05) is 0 Å². The van der Waals surface area contributed by atoms with Crippen LogP contribution in [0.1, 0.15) is 10.7 Å². The number of fused-ring (bicyclic) bond motifs is 1. The van der Waals surface area contributed by atoms with E-state index in [0.717, 1.165) is 16.7 Å². The zero-order valence-corrected chi connectivity index (χ0v) is 14.0. The van der Waals surface area contributed by atoms with E-state index in [1.165, 1.54) is 25.6 Å². The first-order valence-electron chi connectivity index (χ1n) is 7.00. The third kappa shape index (κ3) is 3.48. The molecule has 0 fully saturated rings. The number of anilines is 1. The molecule has 5 nitrogen and oxygen atoms in total. The van der Waals surface area contributed by atoms with Gasteiger partial charge in [-0.05, 0) is 6.07 Å². The van der Waals surface area contributed by atoms with Gasteiger partial charge >= 0.3 is 6.18 Å². The molecule has 25 heavy (non-hydrogen) atoms. The smallest absolute Gasteiger partial charge is 0.434 e. The molecule has 0 N–H and O–H groups in total. The quantitative estimate of drug-likeness (QED) is 0.651. The molecule has 0 aliphatic carbocycles. The number of hydrogen-bond acceptors (Lipinski definition) is 6. The SMILES string of the molecule is COc1cc2c(N(C)Cc3nc(C(F)(F)F)cs3)ncnc2cc1F. The Hall–Kier alpha value is -2.49. The second kappa shape index (κ2) is 6.43. The number of halogens is 4. The van der Waals surface area contributed by atoms with E-state index in [9.17, 15) is 17.6 Å². The number of methoxy groups -OCH3 is 1. The van der Waals surface area contributed by atoms with Crippen LogP contribution in [-0.2, 0) is 12.7 Å². The molecule has 0 saturated heterocycles. The lowest BCUT2D eigenvalue weighted by molar-refractivity contribution is -0.140. The molecule has 0 spiro atoms. The number of aromatic nitrogens is 3. The summed E-state index contributed by atoms with van der Waals surface area (Å²) in [5, 5.41) is 1.78. The van der Waals surface area contributed by atoms with E-state index in [-0.39, 0.29) is 17.3 Å². The van der Waals surface area contributed by atoms with Gasteiger partial charge in [0, 0.05) is 23.9 Å². The Morgan fingerprint density at radius 2 is 2.00 bits per heavy atom. The summed E-state index contributed by atoms with van der Waals surface area (Å²) in [4.78, 5) is 13.4. The number of benzene rings is 1. The van der Waals surface area contributed by atoms with Crippen LogP contribution in [0.3, 0.4) is 0 Å². The Kier molecular flexibility index (Phi) is 4.46. The number of hydrogen-bond donors (Lipinski definition) is 0. The maximum atomic E-state index is 13.8. The van der Waals surface area contributed by atoms with Gasteiger partial charge in [0.25, 0.3) is 0 Å². The van der Waals surface area contributed by atoms with Gasteiger partial charge in [-0.2, -0.15) is 13.2 Å². The van der Waals surface area contributed by atoms with Gasteiger partial charge in [-0.25, -0.2) is 19.3 Å². The summed E-state index contributed by atoms with van der Waals surface area (Å²) in [7, 11) is 3.00. The van der Waals surface area contributed by atoms with Crippen molar-refractivity contribution in [3.8, 4) is 5.75 Å². The Bertz CT molecular complexity index is 912. The molecule has 0 amide bonds. The lowest BCUT2D eigenvalue weighted by Crippen LogP contribution is -2.18. The van der Waals surface area contributed by atoms with Gasteiger partial charge in [-0.15, -0.1) is 11.3 Å². The van der Waals surface area contributed by atoms with Crippen LogP contribution in [0.2, 0.25) is 0 Å². The zero-order chi connectivity index (χ0) is 18.2. The highest BCUT2D eigenvalue weighted by Crippen LogP contribution is 2.32. The van der Waals surface area contributed by atoms with E-state index in [1.807, 2.05) is 0 Å². The zero-order valence-electron chi connectivity index (χ0n) is 13.1. The summed E-state index contributed by atoms with van der Waals surface area (Å²) in [6.45, 7) is 0.118. The molecule has 2 aromatic heterocycles. The molecule has 3 rings (SSSR count). The normalized spacial score (nSPS) is 11.8. The van der Waals surface area contributed by atoms with Crippen molar-refractivity contribution in [2.75, 3.05) is 19.1 Å². The average molecular weight is 372 g/mol. The van der Waals surface area contributed by atoms with Gasteiger partial charge in [0.2, 0.25) is 0 Å². The van der Waals surface area contributed by atoms with Gasteiger partial charge in [-0.3, -0.25) is 0 Å². The summed E-state index contributed by atoms with van der Waals surface area (Å²) in [6, 6.07) is 2.68. The first-order chi connectivity index (χ1) is 11.8.